The van der Waals surface area contributed by atoms with Crippen molar-refractivity contribution in [3.63, 3.8) is 0 Å². The van der Waals surface area contributed by atoms with E-state index in [4.69, 9.17) is 4.52 Å². The van der Waals surface area contributed by atoms with Gasteiger partial charge in [-0.25, -0.2) is 0 Å². The number of carbonyl (C=O) groups excluding carboxylic acids is 1. The molecule has 2 heterocycles. The van der Waals surface area contributed by atoms with Crippen LogP contribution in [-0.4, -0.2) is 38.0 Å². The summed E-state index contributed by atoms with van der Waals surface area (Å²) in [6.45, 7) is 6.08. The molecule has 8 heteroatoms. The van der Waals surface area contributed by atoms with Crippen LogP contribution in [0.3, 0.4) is 0 Å². The van der Waals surface area contributed by atoms with Gasteiger partial charge >= 0.3 is 0 Å². The van der Waals surface area contributed by atoms with Crippen molar-refractivity contribution >= 4 is 5.91 Å². The van der Waals surface area contributed by atoms with Crippen molar-refractivity contribution in [3.05, 3.63) is 35.7 Å². The van der Waals surface area contributed by atoms with Gasteiger partial charge in [-0.05, 0) is 30.5 Å². The molecule has 0 aliphatic rings. The normalized spacial score (nSPS) is 11.1. The van der Waals surface area contributed by atoms with Gasteiger partial charge in [-0.3, -0.25) is 9.89 Å². The number of amides is 1. The highest BCUT2D eigenvalue weighted by Gasteiger charge is 2.27. The number of H-pyrrole nitrogens is 1. The van der Waals surface area contributed by atoms with E-state index < -0.39 is 5.91 Å². The molecular formula is C18H20N4O4. The van der Waals surface area contributed by atoms with E-state index in [1.165, 1.54) is 6.07 Å². The van der Waals surface area contributed by atoms with E-state index in [0.29, 0.717) is 28.9 Å². The number of rotatable bonds is 5. The lowest BCUT2D eigenvalue weighted by Gasteiger charge is -2.12. The number of carbonyl (C=O) groups is 1. The third-order valence-electron chi connectivity index (χ3n) is 4.03. The van der Waals surface area contributed by atoms with Crippen LogP contribution in [0.2, 0.25) is 0 Å². The molecule has 0 aliphatic heterocycles. The van der Waals surface area contributed by atoms with Crippen LogP contribution in [-0.2, 0) is 0 Å². The molecule has 136 valence electrons. The Kier molecular flexibility index (Phi) is 4.66. The monoisotopic (exact) mass is 356 g/mol. The molecule has 0 unspecified atom stereocenters. The van der Waals surface area contributed by atoms with Crippen LogP contribution in [0, 0.1) is 0 Å². The summed E-state index contributed by atoms with van der Waals surface area (Å²) < 4.78 is 5.43. The van der Waals surface area contributed by atoms with Crippen LogP contribution in [0.5, 0.6) is 11.5 Å². The molecule has 3 rings (SSSR count). The molecule has 0 aliphatic carbocycles. The predicted octanol–water partition coefficient (Wildman–Crippen LogP) is 3.02. The van der Waals surface area contributed by atoms with Gasteiger partial charge in [-0.2, -0.15) is 5.10 Å². The molecule has 26 heavy (non-hydrogen) atoms. The Labute approximate surface area is 149 Å². The lowest BCUT2D eigenvalue weighted by atomic mass is 9.95. The maximum absolute atomic E-state index is 12.3. The predicted molar refractivity (Wildman–Crippen MR) is 94.9 cm³/mol. The summed E-state index contributed by atoms with van der Waals surface area (Å²) in [4.78, 5) is 12.3. The molecule has 0 bridgehead atoms. The number of aromatic hydroxyl groups is 2. The highest BCUT2D eigenvalue weighted by molar-refractivity contribution is 6.02. The Morgan fingerprint density at radius 3 is 2.69 bits per heavy atom. The Balaban J connectivity index is 2.24. The third kappa shape index (κ3) is 3.01. The maximum Gasteiger partial charge on any atom is 0.274 e. The van der Waals surface area contributed by atoms with Gasteiger partial charge in [0.2, 0.25) is 0 Å². The topological polar surface area (TPSA) is 124 Å². The van der Waals surface area contributed by atoms with E-state index in [-0.39, 0.29) is 28.9 Å². The fraction of sp³-hybridized carbons (Fsp3) is 0.278. The first-order valence-electron chi connectivity index (χ1n) is 8.27. The number of phenols is 2. The zero-order valence-electron chi connectivity index (χ0n) is 14.7. The first-order chi connectivity index (χ1) is 12.4. The second kappa shape index (κ2) is 6.91. The molecule has 0 saturated carbocycles. The van der Waals surface area contributed by atoms with Gasteiger partial charge < -0.3 is 20.1 Å². The van der Waals surface area contributed by atoms with Crippen LogP contribution >= 0.6 is 0 Å². The minimum atomic E-state index is -0.394. The van der Waals surface area contributed by atoms with Gasteiger partial charge in [0.25, 0.3) is 5.91 Å². The number of hydrogen-bond acceptors (Lipinski definition) is 6. The van der Waals surface area contributed by atoms with Crippen LogP contribution in [0.15, 0.2) is 28.9 Å². The van der Waals surface area contributed by atoms with Crippen molar-refractivity contribution in [3.8, 4) is 34.1 Å². The molecule has 0 spiro atoms. The Bertz CT molecular complexity index is 929. The maximum atomic E-state index is 12.3. The zero-order chi connectivity index (χ0) is 18.8. The lowest BCUT2D eigenvalue weighted by Crippen LogP contribution is -2.23. The van der Waals surface area contributed by atoms with E-state index in [1.54, 1.807) is 25.3 Å². The molecule has 0 radical (unpaired) electrons. The van der Waals surface area contributed by atoms with E-state index in [0.717, 1.165) is 0 Å². The number of nitrogens with zero attached hydrogens (tertiary/aromatic N) is 2. The number of aromatic amines is 1. The Morgan fingerprint density at radius 2 is 2.08 bits per heavy atom. The fourth-order valence-electron chi connectivity index (χ4n) is 2.76. The largest absolute Gasteiger partial charge is 0.508 e. The number of phenolic OH excluding ortho intramolecular Hbond substituents is 2. The van der Waals surface area contributed by atoms with Crippen LogP contribution in [0.1, 0.15) is 42.7 Å². The van der Waals surface area contributed by atoms with Crippen molar-refractivity contribution in [2.75, 3.05) is 6.54 Å². The molecule has 0 fully saturated rings. The molecule has 4 N–H and O–H groups in total. The van der Waals surface area contributed by atoms with E-state index in [1.807, 2.05) is 13.8 Å². The molecular weight excluding hydrogens is 336 g/mol. The van der Waals surface area contributed by atoms with Crippen molar-refractivity contribution in [2.45, 2.75) is 26.7 Å². The molecule has 1 aromatic carbocycles. The summed E-state index contributed by atoms with van der Waals surface area (Å²) in [6.07, 6.45) is 1.55. The van der Waals surface area contributed by atoms with Crippen molar-refractivity contribution < 1.29 is 19.5 Å². The standard InChI is InChI=1S/C18H20N4O4/c1-4-19-18(25)16-15(12-5-6-20-21-12)17(26-22-16)11-7-10(9(2)3)13(23)8-14(11)24/h5-9,23-24H,4H2,1-3H3,(H,19,25)(H,20,21). The first-order valence-corrected chi connectivity index (χ1v) is 8.27. The quantitative estimate of drug-likeness (QED) is 0.557. The van der Waals surface area contributed by atoms with Crippen LogP contribution in [0.25, 0.3) is 22.6 Å². The molecule has 2 aromatic heterocycles. The summed E-state index contributed by atoms with van der Waals surface area (Å²) in [6, 6.07) is 4.58. The Hall–Kier alpha value is -3.29. The number of benzene rings is 1. The van der Waals surface area contributed by atoms with Gasteiger partial charge in [0, 0.05) is 18.8 Å². The number of nitrogens with one attached hydrogen (secondary N) is 2. The minimum absolute atomic E-state index is 0.00666. The highest BCUT2D eigenvalue weighted by atomic mass is 16.5. The SMILES string of the molecule is CCNC(=O)c1noc(-c2cc(C(C)C)c(O)cc2O)c1-c1ccn[nH]1. The summed E-state index contributed by atoms with van der Waals surface area (Å²) in [7, 11) is 0. The molecule has 0 saturated heterocycles. The number of hydrogen-bond donors (Lipinski definition) is 4. The fourth-order valence-corrected chi connectivity index (χ4v) is 2.76. The summed E-state index contributed by atoms with van der Waals surface area (Å²) in [5.41, 5.74) is 1.98. The van der Waals surface area contributed by atoms with E-state index >= 15 is 0 Å². The van der Waals surface area contributed by atoms with Gasteiger partial charge in [-0.1, -0.05) is 19.0 Å². The average molecular weight is 356 g/mol. The van der Waals surface area contributed by atoms with Gasteiger partial charge in [-0.15, -0.1) is 0 Å². The highest BCUT2D eigenvalue weighted by Crippen LogP contribution is 2.42. The second-order valence-electron chi connectivity index (χ2n) is 6.15. The zero-order valence-corrected chi connectivity index (χ0v) is 14.7. The summed E-state index contributed by atoms with van der Waals surface area (Å²) in [5, 5.41) is 33.7. The molecule has 1 amide bonds. The summed E-state index contributed by atoms with van der Waals surface area (Å²) >= 11 is 0. The second-order valence-corrected chi connectivity index (χ2v) is 6.15. The minimum Gasteiger partial charge on any atom is -0.508 e. The Morgan fingerprint density at radius 1 is 1.31 bits per heavy atom. The van der Waals surface area contributed by atoms with E-state index in [2.05, 4.69) is 20.7 Å². The van der Waals surface area contributed by atoms with Crippen molar-refractivity contribution in [1.29, 1.82) is 0 Å². The third-order valence-corrected chi connectivity index (χ3v) is 4.03. The lowest BCUT2D eigenvalue weighted by molar-refractivity contribution is 0.0947. The van der Waals surface area contributed by atoms with Crippen molar-refractivity contribution in [1.82, 2.24) is 20.7 Å². The first kappa shape index (κ1) is 17.5. The van der Waals surface area contributed by atoms with Crippen molar-refractivity contribution in [2.24, 2.45) is 0 Å². The smallest absolute Gasteiger partial charge is 0.274 e. The number of aromatic nitrogens is 3. The van der Waals surface area contributed by atoms with Crippen LogP contribution in [0.4, 0.5) is 0 Å². The average Bonchev–Trinajstić information content (AvgIpc) is 3.23. The molecule has 3 aromatic rings. The van der Waals surface area contributed by atoms with E-state index in [9.17, 15) is 15.0 Å². The van der Waals surface area contributed by atoms with Gasteiger partial charge in [0.1, 0.15) is 11.5 Å². The van der Waals surface area contributed by atoms with Crippen LogP contribution < -0.4 is 5.32 Å². The van der Waals surface area contributed by atoms with Gasteiger partial charge in [0.05, 0.1) is 16.8 Å². The summed E-state index contributed by atoms with van der Waals surface area (Å²) in [5.74, 6) is -0.334. The molecule has 0 atom stereocenters. The van der Waals surface area contributed by atoms with Gasteiger partial charge in [0.15, 0.2) is 11.5 Å². The molecule has 8 nitrogen and oxygen atoms in total.